The van der Waals surface area contributed by atoms with Gasteiger partial charge in [0, 0.05) is 0 Å². The molecule has 0 radical (unpaired) electrons. The highest BCUT2D eigenvalue weighted by Crippen LogP contribution is 2.32. The normalized spacial score (nSPS) is 12.0. The van der Waals surface area contributed by atoms with E-state index in [1.54, 1.807) is 0 Å². The summed E-state index contributed by atoms with van der Waals surface area (Å²) in [6.07, 6.45) is 0. The molecule has 0 amide bonds. The summed E-state index contributed by atoms with van der Waals surface area (Å²) in [5.41, 5.74) is 1.63. The zero-order chi connectivity index (χ0) is 8.48. The molecule has 0 spiro atoms. The molecule has 0 fully saturated rings. The molecular weight excluding hydrogens is 172 g/mol. The first-order chi connectivity index (χ1) is 5.08. The van der Waals surface area contributed by atoms with Gasteiger partial charge < -0.3 is 5.11 Å². The number of hydrogen-bond acceptors (Lipinski definition) is 3. The molecule has 0 bridgehead atoms. The van der Waals surface area contributed by atoms with Gasteiger partial charge >= 0.3 is 5.92 Å². The van der Waals surface area contributed by atoms with E-state index in [2.05, 4.69) is 4.98 Å². The molecule has 0 aliphatic carbocycles. The summed E-state index contributed by atoms with van der Waals surface area (Å²) in [5, 5.41) is 8.32. The minimum atomic E-state index is -3.13. The Morgan fingerprint density at radius 2 is 2.36 bits per heavy atom. The summed E-state index contributed by atoms with van der Waals surface area (Å²) in [7, 11) is 0. The highest BCUT2D eigenvalue weighted by atomic mass is 32.1. The van der Waals surface area contributed by atoms with E-state index in [4.69, 9.17) is 5.11 Å². The van der Waals surface area contributed by atoms with Crippen LogP contribution in [0.2, 0.25) is 0 Å². The zero-order valence-electron chi connectivity index (χ0n) is 5.84. The molecule has 0 saturated carbocycles. The van der Waals surface area contributed by atoms with Crippen LogP contribution < -0.4 is 0 Å². The highest BCUT2D eigenvalue weighted by Gasteiger charge is 2.34. The number of alkyl halides is 2. The van der Waals surface area contributed by atoms with Crippen LogP contribution in [0.1, 0.15) is 10.6 Å². The number of halogens is 2. The third-order valence-corrected chi connectivity index (χ3v) is 2.32. The van der Waals surface area contributed by atoms with Gasteiger partial charge in [0.05, 0.1) is 16.1 Å². The lowest BCUT2D eigenvalue weighted by atomic mass is 10.2. The minimum Gasteiger partial charge on any atom is -0.390 e. The number of aliphatic hydroxyl groups is 1. The molecule has 11 heavy (non-hydrogen) atoms. The number of hydrogen-bond donors (Lipinski definition) is 1. The van der Waals surface area contributed by atoms with Crippen LogP contribution in [0.4, 0.5) is 8.78 Å². The Hall–Kier alpha value is -0.550. The van der Waals surface area contributed by atoms with E-state index in [9.17, 15) is 8.78 Å². The summed E-state index contributed by atoms with van der Waals surface area (Å²) in [4.78, 5) is 3.51. The van der Waals surface area contributed by atoms with E-state index in [1.807, 2.05) is 0 Å². The van der Waals surface area contributed by atoms with Crippen LogP contribution >= 0.6 is 11.3 Å². The second kappa shape index (κ2) is 2.83. The molecule has 1 N–H and O–H groups in total. The molecule has 1 aromatic rings. The molecule has 0 unspecified atom stereocenters. The van der Waals surface area contributed by atoms with Crippen molar-refractivity contribution in [1.82, 2.24) is 4.98 Å². The quantitative estimate of drug-likeness (QED) is 0.746. The topological polar surface area (TPSA) is 33.1 Å². The van der Waals surface area contributed by atoms with Crippen molar-refractivity contribution in [3.63, 3.8) is 0 Å². The lowest BCUT2D eigenvalue weighted by Crippen LogP contribution is -2.17. The molecule has 0 atom stereocenters. The van der Waals surface area contributed by atoms with Crippen LogP contribution in [0.5, 0.6) is 0 Å². The Morgan fingerprint density at radius 3 is 2.73 bits per heavy atom. The summed E-state index contributed by atoms with van der Waals surface area (Å²) in [6.45, 7) is 0.339. The molecule has 0 aliphatic rings. The van der Waals surface area contributed by atoms with Crippen LogP contribution in [0.3, 0.4) is 0 Å². The average Bonchev–Trinajstić information content (AvgIpc) is 2.36. The third kappa shape index (κ3) is 1.54. The maximum Gasteiger partial charge on any atom is 0.306 e. The fourth-order valence-electron chi connectivity index (χ4n) is 0.725. The Morgan fingerprint density at radius 1 is 1.73 bits per heavy atom. The molecule has 1 aromatic heterocycles. The predicted octanol–water partition coefficient (Wildman–Crippen LogP) is 1.54. The smallest absolute Gasteiger partial charge is 0.306 e. The molecule has 5 heteroatoms. The van der Waals surface area contributed by atoms with Crippen molar-refractivity contribution in [3.05, 3.63) is 16.1 Å². The number of aliphatic hydroxyl groups excluding tert-OH is 1. The Labute approximate surface area is 66.5 Å². The first kappa shape index (κ1) is 8.55. The van der Waals surface area contributed by atoms with Gasteiger partial charge in [-0.25, -0.2) is 4.98 Å². The van der Waals surface area contributed by atoms with Gasteiger partial charge in [0.25, 0.3) is 0 Å². The van der Waals surface area contributed by atoms with E-state index < -0.39 is 12.5 Å². The predicted molar refractivity (Wildman–Crippen MR) is 37.8 cm³/mol. The van der Waals surface area contributed by atoms with E-state index >= 15 is 0 Å². The van der Waals surface area contributed by atoms with Crippen LogP contribution in [0.25, 0.3) is 0 Å². The van der Waals surface area contributed by atoms with Gasteiger partial charge in [0.15, 0.2) is 0 Å². The Balaban J connectivity index is 3.00. The largest absolute Gasteiger partial charge is 0.390 e. The van der Waals surface area contributed by atoms with Crippen molar-refractivity contribution in [2.45, 2.75) is 12.8 Å². The molecule has 0 aliphatic heterocycles. The monoisotopic (exact) mass is 179 g/mol. The Bertz CT molecular complexity index is 248. The van der Waals surface area contributed by atoms with Crippen molar-refractivity contribution in [1.29, 1.82) is 0 Å². The van der Waals surface area contributed by atoms with Gasteiger partial charge in [0.1, 0.15) is 6.61 Å². The van der Waals surface area contributed by atoms with Crippen LogP contribution in [-0.4, -0.2) is 16.7 Å². The second-order valence-corrected chi connectivity index (χ2v) is 2.98. The molecule has 1 rings (SSSR count). The lowest BCUT2D eigenvalue weighted by molar-refractivity contribution is -0.0530. The fraction of sp³-hybridized carbons (Fsp3) is 0.500. The number of thiazole rings is 1. The van der Waals surface area contributed by atoms with Gasteiger partial charge in [-0.2, -0.15) is 8.78 Å². The van der Waals surface area contributed by atoms with E-state index in [1.165, 1.54) is 12.4 Å². The number of aromatic nitrogens is 1. The number of rotatable bonds is 2. The maximum atomic E-state index is 12.7. The van der Waals surface area contributed by atoms with Gasteiger partial charge in [-0.3, -0.25) is 0 Å². The van der Waals surface area contributed by atoms with Gasteiger partial charge in [-0.15, -0.1) is 11.3 Å². The molecule has 1 heterocycles. The van der Waals surface area contributed by atoms with E-state index in [0.717, 1.165) is 11.3 Å². The third-order valence-electron chi connectivity index (χ3n) is 1.28. The molecule has 62 valence electrons. The Kier molecular flexibility index (Phi) is 2.20. The SMILES string of the molecule is Cc1ncsc1C(F)(F)CO. The molecule has 0 aromatic carbocycles. The van der Waals surface area contributed by atoms with Gasteiger partial charge in [-0.05, 0) is 6.92 Å². The zero-order valence-corrected chi connectivity index (χ0v) is 6.66. The summed E-state index contributed by atoms with van der Waals surface area (Å²) < 4.78 is 25.4. The van der Waals surface area contributed by atoms with Crippen molar-refractivity contribution in [2.75, 3.05) is 6.61 Å². The van der Waals surface area contributed by atoms with Crippen molar-refractivity contribution < 1.29 is 13.9 Å². The summed E-state index contributed by atoms with van der Waals surface area (Å²) in [6, 6.07) is 0. The summed E-state index contributed by atoms with van der Waals surface area (Å²) >= 11 is 0.860. The van der Waals surface area contributed by atoms with Crippen molar-refractivity contribution >= 4 is 11.3 Å². The first-order valence-electron chi connectivity index (χ1n) is 2.97. The standard InChI is InChI=1S/C6H7F2NOS/c1-4-5(11-3-9-4)6(7,8)2-10/h3,10H,2H2,1H3. The van der Waals surface area contributed by atoms with Crippen molar-refractivity contribution in [3.8, 4) is 0 Å². The van der Waals surface area contributed by atoms with Crippen LogP contribution in [0.15, 0.2) is 5.51 Å². The van der Waals surface area contributed by atoms with Crippen molar-refractivity contribution in [2.24, 2.45) is 0 Å². The minimum absolute atomic E-state index is 0.153. The van der Waals surface area contributed by atoms with Crippen LogP contribution in [0, 0.1) is 6.92 Å². The number of aryl methyl sites for hydroxylation is 1. The second-order valence-electron chi connectivity index (χ2n) is 2.13. The van der Waals surface area contributed by atoms with Gasteiger partial charge in [0.2, 0.25) is 0 Å². The fourth-order valence-corrected chi connectivity index (χ4v) is 1.50. The highest BCUT2D eigenvalue weighted by molar-refractivity contribution is 7.09. The summed E-state index contributed by atoms with van der Waals surface area (Å²) in [5.74, 6) is -3.13. The van der Waals surface area contributed by atoms with Crippen LogP contribution in [-0.2, 0) is 5.92 Å². The van der Waals surface area contributed by atoms with Gasteiger partial charge in [-0.1, -0.05) is 0 Å². The maximum absolute atomic E-state index is 12.7. The lowest BCUT2D eigenvalue weighted by Gasteiger charge is -2.10. The molecular formula is C6H7F2NOS. The van der Waals surface area contributed by atoms with E-state index in [0.29, 0.717) is 0 Å². The van der Waals surface area contributed by atoms with E-state index in [-0.39, 0.29) is 10.6 Å². The number of nitrogens with zero attached hydrogens (tertiary/aromatic N) is 1. The molecule has 0 saturated heterocycles. The average molecular weight is 179 g/mol. The molecule has 2 nitrogen and oxygen atoms in total. The first-order valence-corrected chi connectivity index (χ1v) is 3.85.